The number of nitrogens with zero attached hydrogens (tertiary/aromatic N) is 2. The van der Waals surface area contributed by atoms with E-state index in [4.69, 9.17) is 0 Å². The Kier molecular flexibility index (Phi) is 5.07. The number of aryl methyl sites for hydroxylation is 1. The Hall–Kier alpha value is -1.65. The third-order valence-electron chi connectivity index (χ3n) is 2.21. The van der Waals surface area contributed by atoms with Crippen LogP contribution in [0.5, 0.6) is 0 Å². The molecule has 0 saturated carbocycles. The minimum atomic E-state index is -0.528. The van der Waals surface area contributed by atoms with Crippen molar-refractivity contribution in [3.63, 3.8) is 0 Å². The lowest BCUT2D eigenvalue weighted by Crippen LogP contribution is -2.31. The van der Waals surface area contributed by atoms with Crippen molar-refractivity contribution in [2.75, 3.05) is 13.1 Å². The van der Waals surface area contributed by atoms with Crippen molar-refractivity contribution < 1.29 is 0 Å². The zero-order valence-corrected chi connectivity index (χ0v) is 11.9. The topological polar surface area (TPSA) is 114 Å². The highest BCUT2D eigenvalue weighted by Crippen LogP contribution is 1.89. The van der Waals surface area contributed by atoms with Crippen molar-refractivity contribution in [3.8, 4) is 0 Å². The first-order valence-corrected chi connectivity index (χ1v) is 5.07. The number of aliphatic imine (C=N–C) groups is 1. The van der Waals surface area contributed by atoms with Crippen molar-refractivity contribution in [2.45, 2.75) is 6.92 Å². The molecule has 0 spiro atoms. The average Bonchev–Trinajstić information content (AvgIpc) is 2.74. The van der Waals surface area contributed by atoms with Gasteiger partial charge >= 0.3 is 5.69 Å². The van der Waals surface area contributed by atoms with E-state index in [0.717, 1.165) is 6.54 Å². The van der Waals surface area contributed by atoms with Gasteiger partial charge in [0.2, 0.25) is 5.96 Å². The molecule has 98 valence electrons. The number of rotatable bonds is 2. The second-order valence-corrected chi connectivity index (χ2v) is 3.47. The Labute approximate surface area is 119 Å². The number of aromatic nitrogens is 2. The van der Waals surface area contributed by atoms with Crippen LogP contribution < -0.4 is 22.0 Å². The highest BCUT2D eigenvalue weighted by Gasteiger charge is 2.04. The number of hydrogen-bond donors (Lipinski definition) is 4. The molecule has 1 aromatic rings. The number of nitrogens with one attached hydrogen (secondary N) is 4. The van der Waals surface area contributed by atoms with Gasteiger partial charge in [-0.15, -0.1) is 24.0 Å². The Morgan fingerprint density at radius 2 is 2.17 bits per heavy atom. The molecule has 0 aliphatic carbocycles. The second-order valence-electron chi connectivity index (χ2n) is 3.47. The molecular formula is C9H13IN6O2. The predicted molar refractivity (Wildman–Crippen MR) is 78.9 cm³/mol. The highest BCUT2D eigenvalue weighted by molar-refractivity contribution is 14.0. The molecule has 0 bridgehead atoms. The van der Waals surface area contributed by atoms with Crippen LogP contribution in [0.25, 0.3) is 0 Å². The maximum atomic E-state index is 11.4. The van der Waals surface area contributed by atoms with Gasteiger partial charge in [0.25, 0.3) is 5.56 Å². The Morgan fingerprint density at radius 1 is 1.39 bits per heavy atom. The van der Waals surface area contributed by atoms with Gasteiger partial charge in [-0.05, 0) is 6.92 Å². The zero-order chi connectivity index (χ0) is 12.3. The van der Waals surface area contributed by atoms with Gasteiger partial charge in [0, 0.05) is 12.2 Å². The van der Waals surface area contributed by atoms with E-state index in [-0.39, 0.29) is 24.0 Å². The van der Waals surface area contributed by atoms with Gasteiger partial charge in [0.15, 0.2) is 0 Å². The summed E-state index contributed by atoms with van der Waals surface area (Å²) in [6.07, 6.45) is 1.34. The zero-order valence-electron chi connectivity index (χ0n) is 9.61. The van der Waals surface area contributed by atoms with E-state index in [1.165, 1.54) is 6.21 Å². The van der Waals surface area contributed by atoms with Gasteiger partial charge in [-0.3, -0.25) is 9.78 Å². The number of hydrazone groups is 1. The molecule has 0 atom stereocenters. The first-order valence-electron chi connectivity index (χ1n) is 5.07. The summed E-state index contributed by atoms with van der Waals surface area (Å²) in [6, 6.07) is 0. The molecule has 0 aromatic carbocycles. The normalized spacial score (nSPS) is 13.9. The van der Waals surface area contributed by atoms with Crippen molar-refractivity contribution in [2.24, 2.45) is 10.1 Å². The first kappa shape index (κ1) is 14.4. The molecule has 18 heavy (non-hydrogen) atoms. The molecule has 1 aromatic heterocycles. The quantitative estimate of drug-likeness (QED) is 0.302. The first-order chi connectivity index (χ1) is 8.16. The monoisotopic (exact) mass is 364 g/mol. The molecule has 9 heteroatoms. The number of H-pyrrole nitrogens is 2. The van der Waals surface area contributed by atoms with Crippen LogP contribution in [-0.2, 0) is 0 Å². The van der Waals surface area contributed by atoms with E-state index in [1.807, 2.05) is 0 Å². The van der Waals surface area contributed by atoms with Crippen LogP contribution in [0.4, 0.5) is 0 Å². The average molecular weight is 364 g/mol. The molecule has 2 heterocycles. The summed E-state index contributed by atoms with van der Waals surface area (Å²) >= 11 is 0. The summed E-state index contributed by atoms with van der Waals surface area (Å²) in [7, 11) is 0. The van der Waals surface area contributed by atoms with E-state index in [0.29, 0.717) is 23.8 Å². The largest absolute Gasteiger partial charge is 0.353 e. The molecule has 0 fully saturated rings. The summed E-state index contributed by atoms with van der Waals surface area (Å²) in [5.74, 6) is 0.569. The van der Waals surface area contributed by atoms with E-state index in [2.05, 4.69) is 30.8 Å². The molecule has 1 aliphatic heterocycles. The molecule has 0 saturated heterocycles. The molecule has 8 nitrogen and oxygen atoms in total. The van der Waals surface area contributed by atoms with Crippen LogP contribution in [0.3, 0.4) is 0 Å². The van der Waals surface area contributed by atoms with Crippen LogP contribution in [-0.4, -0.2) is 35.2 Å². The Morgan fingerprint density at radius 3 is 2.78 bits per heavy atom. The number of halogens is 1. The van der Waals surface area contributed by atoms with E-state index in [1.54, 1.807) is 6.92 Å². The highest BCUT2D eigenvalue weighted by atomic mass is 127. The molecule has 0 radical (unpaired) electrons. The maximum Gasteiger partial charge on any atom is 0.325 e. The Bertz CT molecular complexity index is 587. The standard InChI is InChI=1S/C9H12N6O2.HI/c1-5-6(7(16)14-9(17)13-5)4-12-15-8-10-2-3-11-8;/h4H,2-3H2,1H3,(H2,10,11,15)(H2,13,14,16,17);1H/b12-4+;. The summed E-state index contributed by atoms with van der Waals surface area (Å²) < 4.78 is 0. The van der Waals surface area contributed by atoms with Crippen LogP contribution in [0.15, 0.2) is 19.7 Å². The van der Waals surface area contributed by atoms with Crippen LogP contribution in [0, 0.1) is 6.92 Å². The summed E-state index contributed by atoms with van der Waals surface area (Å²) in [4.78, 5) is 31.1. The third kappa shape index (κ3) is 3.42. The van der Waals surface area contributed by atoms with Gasteiger partial charge in [-0.1, -0.05) is 0 Å². The van der Waals surface area contributed by atoms with Gasteiger partial charge in [-0.25, -0.2) is 15.2 Å². The second kappa shape index (κ2) is 6.33. The van der Waals surface area contributed by atoms with Crippen LogP contribution >= 0.6 is 24.0 Å². The number of hydrogen-bond acceptors (Lipinski definition) is 6. The fourth-order valence-electron chi connectivity index (χ4n) is 1.40. The van der Waals surface area contributed by atoms with E-state index >= 15 is 0 Å². The lowest BCUT2D eigenvalue weighted by atomic mass is 10.2. The minimum absolute atomic E-state index is 0. The fraction of sp³-hybridized carbons (Fsp3) is 0.333. The van der Waals surface area contributed by atoms with Gasteiger partial charge in [0.1, 0.15) is 0 Å². The summed E-state index contributed by atoms with van der Waals surface area (Å²) in [6.45, 7) is 3.11. The fourth-order valence-corrected chi connectivity index (χ4v) is 1.40. The van der Waals surface area contributed by atoms with Gasteiger partial charge in [-0.2, -0.15) is 5.10 Å². The van der Waals surface area contributed by atoms with E-state index in [9.17, 15) is 9.59 Å². The molecule has 4 N–H and O–H groups in total. The maximum absolute atomic E-state index is 11.4. The van der Waals surface area contributed by atoms with Gasteiger partial charge < -0.3 is 10.3 Å². The van der Waals surface area contributed by atoms with Crippen LogP contribution in [0.1, 0.15) is 11.3 Å². The van der Waals surface area contributed by atoms with Crippen molar-refractivity contribution in [1.82, 2.24) is 20.7 Å². The minimum Gasteiger partial charge on any atom is -0.353 e. The van der Waals surface area contributed by atoms with Crippen molar-refractivity contribution >= 4 is 36.2 Å². The summed E-state index contributed by atoms with van der Waals surface area (Å²) in [5.41, 5.74) is 2.43. The van der Waals surface area contributed by atoms with Crippen LogP contribution in [0.2, 0.25) is 0 Å². The lowest BCUT2D eigenvalue weighted by Gasteiger charge is -2.00. The van der Waals surface area contributed by atoms with Crippen molar-refractivity contribution in [3.05, 3.63) is 32.1 Å². The lowest BCUT2D eigenvalue weighted by molar-refractivity contribution is 0.918. The Balaban J connectivity index is 0.00000162. The van der Waals surface area contributed by atoms with Crippen molar-refractivity contribution in [1.29, 1.82) is 0 Å². The molecule has 1 aliphatic rings. The number of guanidine groups is 1. The third-order valence-corrected chi connectivity index (χ3v) is 2.21. The van der Waals surface area contributed by atoms with E-state index < -0.39 is 11.2 Å². The summed E-state index contributed by atoms with van der Waals surface area (Å²) in [5, 5.41) is 6.83. The molecule has 2 rings (SSSR count). The SMILES string of the molecule is Cc1[nH]c(=O)[nH]c(=O)c1/C=N/NC1=NCCN1.I. The smallest absolute Gasteiger partial charge is 0.325 e. The molecule has 0 amide bonds. The predicted octanol–water partition coefficient (Wildman–Crippen LogP) is -1.13. The molecule has 0 unspecified atom stereocenters. The number of aromatic amines is 2. The molecular weight excluding hydrogens is 351 g/mol. The van der Waals surface area contributed by atoms with Gasteiger partial charge in [0.05, 0.1) is 18.3 Å².